The maximum absolute atomic E-state index is 6.32. The second-order valence-electron chi connectivity index (χ2n) is 5.79. The zero-order chi connectivity index (χ0) is 15.2. The largest absolute Gasteiger partial charge is 0.466 e. The first-order valence-corrected chi connectivity index (χ1v) is 8.37. The molecule has 0 aromatic heterocycles. The standard InChI is InChI=1S/C15H18Cl2N2OS/c1-3-4-5-19-14(21)18-12-8-15(19,2)20-13-10(12)6-9(16)7-11(13)17/h6-7,12H,3-5,8H2,1-2H3,(H,18,21). The summed E-state index contributed by atoms with van der Waals surface area (Å²) in [5, 5.41) is 5.31. The third kappa shape index (κ3) is 2.58. The zero-order valence-electron chi connectivity index (χ0n) is 12.1. The van der Waals surface area contributed by atoms with Crippen molar-refractivity contribution in [3.05, 3.63) is 27.7 Å². The molecule has 1 aromatic carbocycles. The van der Waals surface area contributed by atoms with Crippen LogP contribution in [0.3, 0.4) is 0 Å². The lowest BCUT2D eigenvalue weighted by Crippen LogP contribution is -2.64. The lowest BCUT2D eigenvalue weighted by atomic mass is 9.90. The molecule has 114 valence electrons. The molecule has 1 fully saturated rings. The molecule has 2 aliphatic rings. The number of nitrogens with one attached hydrogen (secondary N) is 1. The molecule has 2 unspecified atom stereocenters. The van der Waals surface area contributed by atoms with E-state index in [2.05, 4.69) is 24.1 Å². The van der Waals surface area contributed by atoms with Crippen LogP contribution in [0.15, 0.2) is 12.1 Å². The van der Waals surface area contributed by atoms with Crippen molar-refractivity contribution in [3.8, 4) is 5.75 Å². The minimum Gasteiger partial charge on any atom is -0.466 e. The molecule has 0 amide bonds. The zero-order valence-corrected chi connectivity index (χ0v) is 14.4. The van der Waals surface area contributed by atoms with Crippen molar-refractivity contribution in [1.29, 1.82) is 0 Å². The molecule has 0 aliphatic carbocycles. The van der Waals surface area contributed by atoms with Gasteiger partial charge < -0.3 is 15.0 Å². The van der Waals surface area contributed by atoms with Crippen molar-refractivity contribution in [2.75, 3.05) is 6.54 Å². The smallest absolute Gasteiger partial charge is 0.184 e. The summed E-state index contributed by atoms with van der Waals surface area (Å²) in [6, 6.07) is 3.73. The first-order valence-electron chi connectivity index (χ1n) is 7.20. The number of rotatable bonds is 3. The summed E-state index contributed by atoms with van der Waals surface area (Å²) in [5.41, 5.74) is 0.537. The first kappa shape index (κ1) is 15.2. The Balaban J connectivity index is 2.01. The third-order valence-electron chi connectivity index (χ3n) is 4.17. The summed E-state index contributed by atoms with van der Waals surface area (Å²) < 4.78 is 6.26. The predicted octanol–water partition coefficient (Wildman–Crippen LogP) is 4.52. The Morgan fingerprint density at radius 1 is 1.48 bits per heavy atom. The number of unbranched alkanes of at least 4 members (excludes halogenated alkanes) is 1. The second kappa shape index (κ2) is 5.49. The Labute approximate surface area is 140 Å². The molecule has 2 bridgehead atoms. The van der Waals surface area contributed by atoms with Crippen molar-refractivity contribution in [2.24, 2.45) is 0 Å². The van der Waals surface area contributed by atoms with E-state index in [1.807, 2.05) is 6.07 Å². The minimum absolute atomic E-state index is 0.0975. The summed E-state index contributed by atoms with van der Waals surface area (Å²) in [5.74, 6) is 0.719. The van der Waals surface area contributed by atoms with Crippen molar-refractivity contribution in [1.82, 2.24) is 10.2 Å². The van der Waals surface area contributed by atoms with Crippen LogP contribution >= 0.6 is 35.4 Å². The van der Waals surface area contributed by atoms with E-state index in [-0.39, 0.29) is 6.04 Å². The van der Waals surface area contributed by atoms with Gasteiger partial charge in [0.15, 0.2) is 10.8 Å². The predicted molar refractivity (Wildman–Crippen MR) is 90.2 cm³/mol. The molecule has 1 saturated heterocycles. The molecule has 3 nitrogen and oxygen atoms in total. The van der Waals surface area contributed by atoms with Crippen LogP contribution in [-0.2, 0) is 0 Å². The van der Waals surface area contributed by atoms with E-state index in [9.17, 15) is 0 Å². The number of hydrogen-bond donors (Lipinski definition) is 1. The Morgan fingerprint density at radius 3 is 2.95 bits per heavy atom. The normalized spacial score (nSPS) is 27.0. The van der Waals surface area contributed by atoms with Crippen LogP contribution in [-0.4, -0.2) is 22.3 Å². The van der Waals surface area contributed by atoms with Gasteiger partial charge in [0.25, 0.3) is 0 Å². The summed E-state index contributed by atoms with van der Waals surface area (Å²) >= 11 is 18.0. The van der Waals surface area contributed by atoms with E-state index < -0.39 is 5.72 Å². The van der Waals surface area contributed by atoms with Gasteiger partial charge in [0.05, 0.1) is 11.1 Å². The Hall–Kier alpha value is -0.710. The van der Waals surface area contributed by atoms with Crippen LogP contribution in [0, 0.1) is 0 Å². The van der Waals surface area contributed by atoms with E-state index in [0.717, 1.165) is 42.2 Å². The molecular weight excluding hydrogens is 327 g/mol. The Morgan fingerprint density at radius 2 is 2.24 bits per heavy atom. The molecular formula is C15H18Cl2N2OS. The summed E-state index contributed by atoms with van der Waals surface area (Å²) in [6.07, 6.45) is 3.01. The van der Waals surface area contributed by atoms with Gasteiger partial charge in [0, 0.05) is 23.6 Å². The van der Waals surface area contributed by atoms with Gasteiger partial charge in [0.1, 0.15) is 5.75 Å². The molecule has 2 heterocycles. The van der Waals surface area contributed by atoms with Gasteiger partial charge in [-0.1, -0.05) is 36.5 Å². The second-order valence-corrected chi connectivity index (χ2v) is 7.02. The molecule has 0 saturated carbocycles. The molecule has 3 rings (SSSR count). The number of benzene rings is 1. The van der Waals surface area contributed by atoms with E-state index in [0.29, 0.717) is 10.0 Å². The van der Waals surface area contributed by atoms with Gasteiger partial charge in [-0.2, -0.15) is 0 Å². The lowest BCUT2D eigenvalue weighted by Gasteiger charge is -2.52. The first-order chi connectivity index (χ1) is 9.94. The number of thiocarbonyl (C=S) groups is 1. The van der Waals surface area contributed by atoms with Crippen LogP contribution in [0.2, 0.25) is 10.0 Å². The maximum Gasteiger partial charge on any atom is 0.184 e. The SMILES string of the molecule is CCCCN1C(=S)NC2CC1(C)Oc1c(Cl)cc(Cl)cc12. The highest BCUT2D eigenvalue weighted by molar-refractivity contribution is 7.80. The quantitative estimate of drug-likeness (QED) is 0.814. The van der Waals surface area contributed by atoms with E-state index in [1.54, 1.807) is 6.07 Å². The number of halogens is 2. The topological polar surface area (TPSA) is 24.5 Å². The molecule has 2 aliphatic heterocycles. The molecule has 21 heavy (non-hydrogen) atoms. The maximum atomic E-state index is 6.32. The number of fused-ring (bicyclic) bond motifs is 4. The van der Waals surface area contributed by atoms with Crippen molar-refractivity contribution in [3.63, 3.8) is 0 Å². The Bertz CT molecular complexity index is 595. The lowest BCUT2D eigenvalue weighted by molar-refractivity contribution is -0.0684. The van der Waals surface area contributed by atoms with Gasteiger partial charge in [-0.05, 0) is 37.7 Å². The van der Waals surface area contributed by atoms with Crippen molar-refractivity contribution in [2.45, 2.75) is 44.9 Å². The van der Waals surface area contributed by atoms with E-state index in [4.69, 9.17) is 40.2 Å². The molecule has 1 aromatic rings. The molecule has 0 radical (unpaired) electrons. The van der Waals surface area contributed by atoms with Crippen molar-refractivity contribution >= 4 is 40.5 Å². The third-order valence-corrected chi connectivity index (χ3v) is 5.00. The Kier molecular flexibility index (Phi) is 3.97. The number of hydrogen-bond acceptors (Lipinski definition) is 2. The van der Waals surface area contributed by atoms with Crippen LogP contribution in [0.1, 0.15) is 44.7 Å². The molecule has 1 N–H and O–H groups in total. The van der Waals surface area contributed by atoms with Crippen LogP contribution < -0.4 is 10.1 Å². The fourth-order valence-electron chi connectivity index (χ4n) is 3.09. The summed E-state index contributed by atoms with van der Waals surface area (Å²) in [6.45, 7) is 5.13. The average molecular weight is 345 g/mol. The van der Waals surface area contributed by atoms with E-state index in [1.165, 1.54) is 0 Å². The fraction of sp³-hybridized carbons (Fsp3) is 0.533. The van der Waals surface area contributed by atoms with Gasteiger partial charge in [0.2, 0.25) is 0 Å². The van der Waals surface area contributed by atoms with Gasteiger partial charge >= 0.3 is 0 Å². The van der Waals surface area contributed by atoms with E-state index >= 15 is 0 Å². The summed E-state index contributed by atoms with van der Waals surface area (Å²) in [7, 11) is 0. The molecule has 0 spiro atoms. The molecule has 6 heteroatoms. The van der Waals surface area contributed by atoms with Crippen LogP contribution in [0.5, 0.6) is 5.75 Å². The van der Waals surface area contributed by atoms with Crippen molar-refractivity contribution < 1.29 is 4.74 Å². The average Bonchev–Trinajstić information content (AvgIpc) is 2.40. The van der Waals surface area contributed by atoms with Crippen LogP contribution in [0.25, 0.3) is 0 Å². The van der Waals surface area contributed by atoms with Crippen LogP contribution in [0.4, 0.5) is 0 Å². The monoisotopic (exact) mass is 344 g/mol. The van der Waals surface area contributed by atoms with Gasteiger partial charge in [-0.3, -0.25) is 0 Å². The minimum atomic E-state index is -0.452. The number of nitrogens with zero attached hydrogens (tertiary/aromatic N) is 1. The highest BCUT2D eigenvalue weighted by Crippen LogP contribution is 2.48. The van der Waals surface area contributed by atoms with Gasteiger partial charge in [-0.15, -0.1) is 0 Å². The van der Waals surface area contributed by atoms with Gasteiger partial charge in [-0.25, -0.2) is 0 Å². The summed E-state index contributed by atoms with van der Waals surface area (Å²) in [4.78, 5) is 2.14. The highest BCUT2D eigenvalue weighted by atomic mass is 35.5. The molecule has 2 atom stereocenters. The highest BCUT2D eigenvalue weighted by Gasteiger charge is 2.47. The number of ether oxygens (including phenoxy) is 1. The fourth-order valence-corrected chi connectivity index (χ4v) is 4.06.